The summed E-state index contributed by atoms with van der Waals surface area (Å²) in [6, 6.07) is -7.11. The zero-order valence-corrected chi connectivity index (χ0v) is 19.8. The first-order chi connectivity index (χ1) is 32.7. The monoisotopic (exact) mass is 531 g/mol. The third-order valence-corrected chi connectivity index (χ3v) is 6.20. The second-order valence-corrected chi connectivity index (χ2v) is 9.50. The van der Waals surface area contributed by atoms with Gasteiger partial charge in [0.25, 0.3) is 0 Å². The highest BCUT2D eigenvalue weighted by atomic mass is 14.4. The van der Waals surface area contributed by atoms with Crippen LogP contribution >= 0.6 is 0 Å². The van der Waals surface area contributed by atoms with Crippen LogP contribution in [0.1, 0.15) is 180 Å². The van der Waals surface area contributed by atoms with Gasteiger partial charge in [-0.2, -0.15) is 0 Å². The molecule has 3 aromatic rings. The Morgan fingerprint density at radius 1 is 0.568 bits per heavy atom. The Kier molecular flexibility index (Phi) is 1.55. The normalized spacial score (nSPS) is 44.1. The lowest BCUT2D eigenvalue weighted by atomic mass is 9.62. The molecule has 0 amide bonds. The molecule has 0 spiro atoms. The summed E-state index contributed by atoms with van der Waals surface area (Å²) in [5.41, 5.74) is -29.4. The molecule has 0 nitrogen and oxygen atoms in total. The summed E-state index contributed by atoms with van der Waals surface area (Å²) in [5.74, 6) is -0.871. The van der Waals surface area contributed by atoms with Gasteiger partial charge < -0.3 is 0 Å². The fourth-order valence-electron chi connectivity index (χ4n) is 4.12. The highest BCUT2D eigenvalue weighted by molar-refractivity contribution is 5.76. The van der Waals surface area contributed by atoms with E-state index in [4.69, 9.17) is 43.9 Å². The molecule has 2 aliphatic rings. The van der Waals surface area contributed by atoms with Crippen molar-refractivity contribution in [3.8, 4) is 22.3 Å². The zero-order valence-electron chi connectivity index (χ0n) is 57.8. The topological polar surface area (TPSA) is 0 Å². The molecule has 0 unspecified atom stereocenters. The second-order valence-electron chi connectivity index (χ2n) is 9.50. The molecule has 0 saturated heterocycles. The van der Waals surface area contributed by atoms with Crippen molar-refractivity contribution in [3.63, 3.8) is 0 Å². The summed E-state index contributed by atoms with van der Waals surface area (Å²) in [6.07, 6.45) is -18.8. The fraction of sp³-hybridized carbons (Fsp3) is 0.514. The molecular formula is C37H48. The summed E-state index contributed by atoms with van der Waals surface area (Å²) < 4.78 is 335. The van der Waals surface area contributed by atoms with Gasteiger partial charge in [0.15, 0.2) is 0 Å². The van der Waals surface area contributed by atoms with Crippen LogP contribution in [0.15, 0.2) is 54.5 Å². The minimum Gasteiger partial charge on any atom is -0.0587 e. The van der Waals surface area contributed by atoms with E-state index in [-0.39, 0.29) is 5.56 Å². The van der Waals surface area contributed by atoms with Gasteiger partial charge in [0.2, 0.25) is 0 Å². The molecule has 0 bridgehead atoms. The van der Waals surface area contributed by atoms with Crippen molar-refractivity contribution in [1.82, 2.24) is 0 Å². The molecular weight excluding hydrogens is 444 g/mol. The molecule has 0 N–H and O–H groups in total. The molecule has 0 saturated carbocycles. The molecule has 0 atom stereocenters. The smallest absolute Gasteiger partial charge is 0.0587 e. The van der Waals surface area contributed by atoms with Gasteiger partial charge >= 0.3 is 0 Å². The SMILES string of the molecule is [2H]c1c([2H])c2c(c([2H])c1-c1cc(-c3c([2H])c([2H])c4c(c3[2H])C(C([2H])([2H])[2H])(C([2H])([2H])[2H])C([2H])([2H])C([2H])([2H])C4(C([2H])([2H])[2H])C([2H])([2H])[2H])cc(C(C)C)c1)C(C([2H])([2H])[2H])(C([2H])([2H])[2H])C([2H])([2H])C([2H])([2H])C2(C([2H])([2H])[2H])C([2H])([2H])[2H]. The minimum absolute atomic E-state index is 0.110. The number of benzene rings is 3. The highest BCUT2D eigenvalue weighted by Gasteiger charge is 2.38. The molecule has 0 fully saturated rings. The van der Waals surface area contributed by atoms with E-state index in [1.807, 2.05) is 0 Å². The van der Waals surface area contributed by atoms with Gasteiger partial charge in [-0.3, -0.25) is 0 Å². The third-order valence-electron chi connectivity index (χ3n) is 6.20. The van der Waals surface area contributed by atoms with Gasteiger partial charge in [-0.15, -0.1) is 0 Å². The standard InChI is InChI=1S/C37H48/c1-24(2)27-19-28(25-11-13-30-32(22-25)36(7,8)17-15-34(30,3)4)21-29(20-27)26-12-14-31-33(23-26)37(9,10)18-16-35(31,5)6/h11-14,19-24H,15-18H2,1-10H3/i3D3,4D3,5D3,6D3,7D3,8D3,9D3,10D3,11D,12D,13D,14D,15D2,16D2,17D2,18D2,22D,23D. The number of hydrogen-bond donors (Lipinski definition) is 0. The van der Waals surface area contributed by atoms with E-state index in [0.29, 0.717) is 6.07 Å². The lowest BCUT2D eigenvalue weighted by molar-refractivity contribution is 0.332. The van der Waals surface area contributed by atoms with Crippen LogP contribution in [-0.2, 0) is 21.7 Å². The van der Waals surface area contributed by atoms with Crippen molar-refractivity contribution in [2.24, 2.45) is 0 Å². The predicted octanol–water partition coefficient (Wildman–Crippen LogP) is 10.8. The first-order valence-electron chi connectivity index (χ1n) is 30.2. The highest BCUT2D eigenvalue weighted by Crippen LogP contribution is 2.48. The van der Waals surface area contributed by atoms with Crippen molar-refractivity contribution in [2.75, 3.05) is 0 Å². The molecule has 3 aromatic carbocycles. The van der Waals surface area contributed by atoms with E-state index in [1.54, 1.807) is 0 Å². The molecule has 196 valence electrons. The molecule has 0 aromatic heterocycles. The summed E-state index contributed by atoms with van der Waals surface area (Å²) in [5, 5.41) is 0. The Morgan fingerprint density at radius 3 is 1.30 bits per heavy atom. The number of rotatable bonds is 3. The van der Waals surface area contributed by atoms with E-state index in [0.717, 1.165) is 12.1 Å². The second kappa shape index (κ2) is 8.59. The molecule has 37 heavy (non-hydrogen) atoms. The van der Waals surface area contributed by atoms with Crippen molar-refractivity contribution in [3.05, 3.63) is 82.3 Å². The van der Waals surface area contributed by atoms with Crippen LogP contribution in [0.4, 0.5) is 0 Å². The lowest BCUT2D eigenvalue weighted by Crippen LogP contribution is -2.33. The maximum Gasteiger partial charge on any atom is 0.0632 e. The van der Waals surface area contributed by atoms with E-state index < -0.39 is 189 Å². The van der Waals surface area contributed by atoms with E-state index in [2.05, 4.69) is 0 Å². The van der Waals surface area contributed by atoms with Crippen molar-refractivity contribution in [2.45, 2.75) is 122 Å². The molecule has 0 heterocycles. The first-order valence-corrected chi connectivity index (χ1v) is 11.2. The Labute approximate surface area is 280 Å². The van der Waals surface area contributed by atoms with Crippen LogP contribution in [0.2, 0.25) is 0 Å². The van der Waals surface area contributed by atoms with Crippen LogP contribution in [0.25, 0.3) is 22.3 Å². The van der Waals surface area contributed by atoms with Crippen LogP contribution in [0.3, 0.4) is 0 Å². The van der Waals surface area contributed by atoms with Gasteiger partial charge in [0, 0.05) is 43.9 Å². The average Bonchev–Trinajstić information content (AvgIpc) is 3.13. The van der Waals surface area contributed by atoms with Crippen LogP contribution in [0.5, 0.6) is 0 Å². The number of fused-ring (bicyclic) bond motifs is 2. The van der Waals surface area contributed by atoms with Gasteiger partial charge in [0.05, 0.1) is 8.22 Å². The van der Waals surface area contributed by atoms with Crippen LogP contribution < -0.4 is 0 Å². The van der Waals surface area contributed by atoms with Crippen LogP contribution in [-0.4, -0.2) is 0 Å². The zero-order chi connectivity index (χ0) is 59.4. The van der Waals surface area contributed by atoms with Crippen molar-refractivity contribution < 1.29 is 52.1 Å². The molecule has 5 rings (SSSR count). The third kappa shape index (κ3) is 4.60. The van der Waals surface area contributed by atoms with Gasteiger partial charge in [-0.25, -0.2) is 0 Å². The first kappa shape index (κ1) is 6.68. The summed E-state index contributed by atoms with van der Waals surface area (Å²) in [7, 11) is 0. The van der Waals surface area contributed by atoms with E-state index >= 15 is 0 Å². The van der Waals surface area contributed by atoms with Gasteiger partial charge in [-0.1, -0.05) is 117 Å². The van der Waals surface area contributed by atoms with E-state index in [1.165, 1.54) is 13.8 Å². The summed E-state index contributed by atoms with van der Waals surface area (Å²) in [6.45, 7) is -32.5. The fourth-order valence-corrected chi connectivity index (χ4v) is 4.12. The summed E-state index contributed by atoms with van der Waals surface area (Å²) >= 11 is 0. The maximum atomic E-state index is 9.66. The quantitative estimate of drug-likeness (QED) is 0.316. The minimum atomic E-state index is -4.72. The molecule has 0 heteroatoms. The van der Waals surface area contributed by atoms with Crippen molar-refractivity contribution in [1.29, 1.82) is 0 Å². The lowest BCUT2D eigenvalue weighted by Gasteiger charge is -2.42. The van der Waals surface area contributed by atoms with Crippen LogP contribution in [0, 0.1) is 0 Å². The van der Waals surface area contributed by atoms with Crippen molar-refractivity contribution >= 4 is 0 Å². The molecule has 0 aliphatic heterocycles. The van der Waals surface area contributed by atoms with E-state index in [9.17, 15) is 8.22 Å². The summed E-state index contributed by atoms with van der Waals surface area (Å²) in [4.78, 5) is 0. The predicted molar refractivity (Wildman–Crippen MR) is 162 cm³/mol. The Morgan fingerprint density at radius 2 is 0.946 bits per heavy atom. The molecule has 2 aliphatic carbocycles. The molecule has 0 radical (unpaired) electrons. The Bertz CT molecular complexity index is 2570. The maximum absolute atomic E-state index is 9.66. The number of hydrogen-bond acceptors (Lipinski definition) is 0. The Hall–Kier alpha value is -2.34. The average molecular weight is 531 g/mol. The van der Waals surface area contributed by atoms with Gasteiger partial charge in [0.1, 0.15) is 0 Å². The Balaban J connectivity index is 2.25. The van der Waals surface area contributed by atoms with Gasteiger partial charge in [-0.05, 0) is 109 Å². The largest absolute Gasteiger partial charge is 0.0632 e.